The molecule has 0 spiro atoms. The zero-order valence-corrected chi connectivity index (χ0v) is 15.8. The van der Waals surface area contributed by atoms with Crippen LogP contribution in [0.25, 0.3) is 0 Å². The third kappa shape index (κ3) is 4.23. The Morgan fingerprint density at radius 3 is 2.29 bits per heavy atom. The number of hydrogen-bond donors (Lipinski definition) is 1. The first-order valence-corrected chi connectivity index (χ1v) is 9.34. The molecule has 2 heterocycles. The van der Waals surface area contributed by atoms with Crippen LogP contribution in [0.2, 0.25) is 0 Å². The third-order valence-electron chi connectivity index (χ3n) is 6.15. The fraction of sp³-hybridized carbons (Fsp3) is 0.889. The number of likely N-dealkylation sites (tertiary alicyclic amines) is 2. The van der Waals surface area contributed by atoms with Crippen molar-refractivity contribution in [2.45, 2.75) is 64.0 Å². The average molecular weight is 358 g/mol. The van der Waals surface area contributed by atoms with Gasteiger partial charge in [-0.3, -0.25) is 9.59 Å². The summed E-state index contributed by atoms with van der Waals surface area (Å²) in [5.41, 5.74) is 0. The number of carbonyl (C=O) groups excluding carboxylic acids is 2. The predicted octanol–water partition coefficient (Wildman–Crippen LogP) is 2.05. The summed E-state index contributed by atoms with van der Waals surface area (Å²) in [4.78, 5) is 29.2. The normalized spacial score (nSPS) is 31.9. The van der Waals surface area contributed by atoms with Crippen molar-refractivity contribution in [2.75, 3.05) is 26.7 Å². The van der Waals surface area contributed by atoms with Crippen LogP contribution in [-0.4, -0.2) is 60.4 Å². The van der Waals surface area contributed by atoms with Gasteiger partial charge in [-0.1, -0.05) is 6.92 Å². The van der Waals surface area contributed by atoms with Gasteiger partial charge in [0.05, 0.1) is 5.92 Å². The number of carbonyl (C=O) groups is 2. The molecule has 1 N–H and O–H groups in total. The Balaban J connectivity index is 0.00000208. The summed E-state index contributed by atoms with van der Waals surface area (Å²) >= 11 is 0. The van der Waals surface area contributed by atoms with Crippen molar-refractivity contribution in [3.05, 3.63) is 0 Å². The molecule has 1 saturated carbocycles. The van der Waals surface area contributed by atoms with E-state index in [2.05, 4.69) is 12.2 Å². The molecule has 0 bridgehead atoms. The second kappa shape index (κ2) is 8.52. The van der Waals surface area contributed by atoms with Gasteiger partial charge in [-0.2, -0.15) is 0 Å². The van der Waals surface area contributed by atoms with Gasteiger partial charge < -0.3 is 15.1 Å². The quantitative estimate of drug-likeness (QED) is 0.841. The minimum Gasteiger partial charge on any atom is -0.342 e. The molecule has 5 nitrogen and oxygen atoms in total. The number of nitrogens with one attached hydrogen (secondary N) is 1. The minimum absolute atomic E-state index is 0. The van der Waals surface area contributed by atoms with Gasteiger partial charge in [0.1, 0.15) is 0 Å². The summed E-state index contributed by atoms with van der Waals surface area (Å²) in [5, 5.41) is 3.29. The molecular weight excluding hydrogens is 326 g/mol. The largest absolute Gasteiger partial charge is 0.342 e. The van der Waals surface area contributed by atoms with E-state index < -0.39 is 0 Å². The van der Waals surface area contributed by atoms with Crippen molar-refractivity contribution >= 4 is 24.2 Å². The highest BCUT2D eigenvalue weighted by molar-refractivity contribution is 5.89. The van der Waals surface area contributed by atoms with Gasteiger partial charge in [-0.25, -0.2) is 0 Å². The molecule has 6 heteroatoms. The topological polar surface area (TPSA) is 52.7 Å². The van der Waals surface area contributed by atoms with Gasteiger partial charge in [0, 0.05) is 38.1 Å². The van der Waals surface area contributed by atoms with E-state index in [1.54, 1.807) is 0 Å². The zero-order chi connectivity index (χ0) is 16.4. The number of nitrogens with zero attached hydrogens (tertiary/aromatic N) is 2. The van der Waals surface area contributed by atoms with Gasteiger partial charge in [0.15, 0.2) is 0 Å². The zero-order valence-electron chi connectivity index (χ0n) is 15.0. The van der Waals surface area contributed by atoms with Crippen LogP contribution in [0.4, 0.5) is 0 Å². The first-order valence-electron chi connectivity index (χ1n) is 9.34. The Morgan fingerprint density at radius 1 is 1.08 bits per heavy atom. The molecule has 138 valence electrons. The number of amides is 2. The predicted molar refractivity (Wildman–Crippen MR) is 97.1 cm³/mol. The van der Waals surface area contributed by atoms with E-state index in [-0.39, 0.29) is 30.1 Å². The molecule has 1 aliphatic carbocycles. The molecule has 24 heavy (non-hydrogen) atoms. The Morgan fingerprint density at radius 2 is 1.71 bits per heavy atom. The van der Waals surface area contributed by atoms with Crippen molar-refractivity contribution in [2.24, 2.45) is 11.8 Å². The van der Waals surface area contributed by atoms with E-state index in [0.717, 1.165) is 44.7 Å². The molecule has 1 atom stereocenters. The first-order chi connectivity index (χ1) is 11.1. The number of hydrogen-bond acceptors (Lipinski definition) is 3. The maximum Gasteiger partial charge on any atom is 0.227 e. The molecule has 2 saturated heterocycles. The Labute approximate surface area is 151 Å². The van der Waals surface area contributed by atoms with Gasteiger partial charge in [-0.15, -0.1) is 12.4 Å². The van der Waals surface area contributed by atoms with E-state index in [9.17, 15) is 9.59 Å². The summed E-state index contributed by atoms with van der Waals surface area (Å²) in [6.45, 7) is 4.61. The van der Waals surface area contributed by atoms with E-state index >= 15 is 0 Å². The molecule has 2 amide bonds. The van der Waals surface area contributed by atoms with Gasteiger partial charge in [0.25, 0.3) is 0 Å². The van der Waals surface area contributed by atoms with Crippen LogP contribution in [0.5, 0.6) is 0 Å². The second-order valence-corrected chi connectivity index (χ2v) is 7.75. The average Bonchev–Trinajstić information content (AvgIpc) is 2.97. The smallest absolute Gasteiger partial charge is 0.227 e. The lowest BCUT2D eigenvalue weighted by atomic mass is 9.86. The summed E-state index contributed by atoms with van der Waals surface area (Å²) in [6.07, 6.45) is 7.12. The highest BCUT2D eigenvalue weighted by Crippen LogP contribution is 2.32. The lowest BCUT2D eigenvalue weighted by Gasteiger charge is -2.35. The van der Waals surface area contributed by atoms with E-state index in [1.165, 1.54) is 12.8 Å². The minimum atomic E-state index is -0.104. The van der Waals surface area contributed by atoms with Crippen LogP contribution >= 0.6 is 12.4 Å². The maximum atomic E-state index is 12.7. The Kier molecular flexibility index (Phi) is 6.93. The van der Waals surface area contributed by atoms with Crippen LogP contribution in [0.3, 0.4) is 0 Å². The maximum absolute atomic E-state index is 12.7. The molecule has 3 rings (SSSR count). The van der Waals surface area contributed by atoms with Crippen molar-refractivity contribution in [3.8, 4) is 0 Å². The summed E-state index contributed by atoms with van der Waals surface area (Å²) in [5.74, 6) is 1.09. The summed E-state index contributed by atoms with van der Waals surface area (Å²) in [6, 6.07) is 0.913. The highest BCUT2D eigenvalue weighted by Gasteiger charge is 2.40. The van der Waals surface area contributed by atoms with E-state index in [0.29, 0.717) is 25.0 Å². The first kappa shape index (κ1) is 19.5. The second-order valence-electron chi connectivity index (χ2n) is 7.75. The molecule has 0 radical (unpaired) electrons. The van der Waals surface area contributed by atoms with Crippen LogP contribution in [0, 0.1) is 11.8 Å². The molecule has 3 aliphatic rings. The fourth-order valence-electron chi connectivity index (χ4n) is 4.45. The van der Waals surface area contributed by atoms with Crippen molar-refractivity contribution in [1.82, 2.24) is 15.1 Å². The van der Waals surface area contributed by atoms with Gasteiger partial charge >= 0.3 is 0 Å². The van der Waals surface area contributed by atoms with Crippen molar-refractivity contribution in [3.63, 3.8) is 0 Å². The Bertz CT molecular complexity index is 444. The Hall–Kier alpha value is -0.810. The number of halogens is 1. The fourth-order valence-corrected chi connectivity index (χ4v) is 4.45. The van der Waals surface area contributed by atoms with Crippen molar-refractivity contribution in [1.29, 1.82) is 0 Å². The molecule has 2 aliphatic heterocycles. The monoisotopic (exact) mass is 357 g/mol. The molecule has 3 fully saturated rings. The highest BCUT2D eigenvalue weighted by atomic mass is 35.5. The SMILES string of the molecule is CNC1CCN(C(=O)C2CC(=O)N(C3CCC(C)CC3)C2)CC1.Cl. The molecule has 0 aromatic rings. The number of rotatable bonds is 3. The van der Waals surface area contributed by atoms with Crippen LogP contribution < -0.4 is 5.32 Å². The van der Waals surface area contributed by atoms with Crippen LogP contribution in [0.15, 0.2) is 0 Å². The van der Waals surface area contributed by atoms with Gasteiger partial charge in [0.2, 0.25) is 11.8 Å². The third-order valence-corrected chi connectivity index (χ3v) is 6.15. The van der Waals surface area contributed by atoms with E-state index in [1.807, 2.05) is 16.8 Å². The summed E-state index contributed by atoms with van der Waals surface area (Å²) in [7, 11) is 1.99. The standard InChI is InChI=1S/C18H31N3O2.ClH/c1-13-3-5-16(6-4-13)21-12-14(11-17(21)22)18(23)20-9-7-15(19-2)8-10-20;/h13-16,19H,3-12H2,1-2H3;1H. The van der Waals surface area contributed by atoms with Crippen LogP contribution in [-0.2, 0) is 9.59 Å². The molecule has 1 unspecified atom stereocenters. The molecule has 0 aromatic carbocycles. The van der Waals surface area contributed by atoms with E-state index in [4.69, 9.17) is 0 Å². The lowest BCUT2D eigenvalue weighted by molar-refractivity contribution is -0.136. The molecular formula is C18H32ClN3O2. The van der Waals surface area contributed by atoms with Crippen LogP contribution in [0.1, 0.15) is 51.9 Å². The summed E-state index contributed by atoms with van der Waals surface area (Å²) < 4.78 is 0. The van der Waals surface area contributed by atoms with Crippen molar-refractivity contribution < 1.29 is 9.59 Å². The number of piperidine rings is 1. The molecule has 0 aromatic heterocycles. The lowest BCUT2D eigenvalue weighted by Crippen LogP contribution is -2.46. The van der Waals surface area contributed by atoms with Gasteiger partial charge in [-0.05, 0) is 51.5 Å².